The first-order valence-electron chi connectivity index (χ1n) is 8.17. The largest absolute Gasteiger partial charge is 0.396 e. The lowest BCUT2D eigenvalue weighted by Gasteiger charge is -2.28. The van der Waals surface area contributed by atoms with Crippen LogP contribution in [0.3, 0.4) is 0 Å². The van der Waals surface area contributed by atoms with Crippen LogP contribution >= 0.6 is 0 Å². The van der Waals surface area contributed by atoms with Crippen molar-refractivity contribution in [3.8, 4) is 0 Å². The first kappa shape index (κ1) is 15.2. The maximum Gasteiger partial charge on any atom is 0.233 e. The first-order valence-corrected chi connectivity index (χ1v) is 8.17. The van der Waals surface area contributed by atoms with Crippen molar-refractivity contribution in [3.63, 3.8) is 0 Å². The van der Waals surface area contributed by atoms with Crippen LogP contribution < -0.4 is 0 Å². The lowest BCUT2D eigenvalue weighted by molar-refractivity contribution is -0.161. The van der Waals surface area contributed by atoms with Gasteiger partial charge in [0.15, 0.2) is 11.6 Å². The van der Waals surface area contributed by atoms with Gasteiger partial charge in [-0.1, -0.05) is 0 Å². The predicted molar refractivity (Wildman–Crippen MR) is 75.8 cm³/mol. The molecule has 4 unspecified atom stereocenters. The highest BCUT2D eigenvalue weighted by molar-refractivity contribution is 6.08. The summed E-state index contributed by atoms with van der Waals surface area (Å²) < 4.78 is 11.9. The Labute approximate surface area is 133 Å². The third-order valence-corrected chi connectivity index (χ3v) is 5.69. The number of amides is 2. The van der Waals surface area contributed by atoms with Gasteiger partial charge in [-0.15, -0.1) is 0 Å². The van der Waals surface area contributed by atoms with E-state index in [4.69, 9.17) is 14.6 Å². The Balaban J connectivity index is 1.57. The van der Waals surface area contributed by atoms with Gasteiger partial charge < -0.3 is 14.6 Å². The summed E-state index contributed by atoms with van der Waals surface area (Å²) in [5.41, 5.74) is 0. The number of fused-ring (bicyclic) bond motifs is 8. The number of hydrogen-bond acceptors (Lipinski definition) is 6. The molecule has 0 aromatic rings. The van der Waals surface area contributed by atoms with Crippen molar-refractivity contribution >= 4 is 17.6 Å². The number of hydrogen-bond donors (Lipinski definition) is 1. The zero-order chi connectivity index (χ0) is 16.5. The van der Waals surface area contributed by atoms with Crippen molar-refractivity contribution in [2.45, 2.75) is 44.7 Å². The molecule has 23 heavy (non-hydrogen) atoms. The molecule has 2 bridgehead atoms. The van der Waals surface area contributed by atoms with Gasteiger partial charge in [0.2, 0.25) is 11.8 Å². The molecule has 1 N–H and O–H groups in total. The van der Waals surface area contributed by atoms with Crippen molar-refractivity contribution < 1.29 is 29.0 Å². The highest BCUT2D eigenvalue weighted by Crippen LogP contribution is 2.60. The van der Waals surface area contributed by atoms with Crippen LogP contribution in [0.4, 0.5) is 0 Å². The van der Waals surface area contributed by atoms with Gasteiger partial charge in [0.05, 0.1) is 37.2 Å². The summed E-state index contributed by atoms with van der Waals surface area (Å²) in [5, 5.41) is 8.81. The third kappa shape index (κ3) is 2.03. The molecule has 4 fully saturated rings. The second-order valence-corrected chi connectivity index (χ2v) is 7.45. The topological polar surface area (TPSA) is 93.1 Å². The summed E-state index contributed by atoms with van der Waals surface area (Å²) in [6.07, 6.45) is 0.462. The molecule has 0 aromatic heterocycles. The number of rotatable bonds is 4. The number of ether oxygens (including phenoxy) is 2. The molecule has 0 radical (unpaired) electrons. The summed E-state index contributed by atoms with van der Waals surface area (Å²) in [6, 6.07) is 0. The zero-order valence-corrected chi connectivity index (χ0v) is 13.2. The van der Waals surface area contributed by atoms with Gasteiger partial charge in [-0.2, -0.15) is 0 Å². The van der Waals surface area contributed by atoms with Crippen molar-refractivity contribution in [1.82, 2.24) is 4.90 Å². The van der Waals surface area contributed by atoms with Crippen molar-refractivity contribution in [2.24, 2.45) is 23.7 Å². The maximum absolute atomic E-state index is 12.7. The highest BCUT2D eigenvalue weighted by Gasteiger charge is 2.70. The number of imide groups is 1. The Morgan fingerprint density at radius 3 is 2.17 bits per heavy atom. The van der Waals surface area contributed by atoms with Crippen molar-refractivity contribution in [3.05, 3.63) is 0 Å². The quantitative estimate of drug-likeness (QED) is 0.715. The van der Waals surface area contributed by atoms with Gasteiger partial charge in [0, 0.05) is 18.3 Å². The minimum atomic E-state index is -0.673. The predicted octanol–water partition coefficient (Wildman–Crippen LogP) is -0.291. The number of ketones is 1. The summed E-state index contributed by atoms with van der Waals surface area (Å²) in [6.45, 7) is 3.20. The second-order valence-electron chi connectivity index (χ2n) is 7.45. The first-order chi connectivity index (χ1) is 10.8. The van der Waals surface area contributed by atoms with Crippen molar-refractivity contribution in [1.29, 1.82) is 0 Å². The van der Waals surface area contributed by atoms with Crippen LogP contribution in [0.15, 0.2) is 0 Å². The van der Waals surface area contributed by atoms with Gasteiger partial charge in [0.25, 0.3) is 0 Å². The van der Waals surface area contributed by atoms with E-state index in [9.17, 15) is 14.4 Å². The monoisotopic (exact) mass is 323 g/mol. The van der Waals surface area contributed by atoms with E-state index in [-0.39, 0.29) is 73.0 Å². The molecule has 4 aliphatic rings. The molecule has 0 aromatic carbocycles. The Bertz CT molecular complexity index is 549. The number of carbonyl (C=O) groups is 3. The van der Waals surface area contributed by atoms with Crippen molar-refractivity contribution in [2.75, 3.05) is 13.2 Å². The molecule has 126 valence electrons. The van der Waals surface area contributed by atoms with Crippen LogP contribution in [0.1, 0.15) is 26.7 Å². The molecule has 2 aliphatic carbocycles. The fourth-order valence-electron chi connectivity index (χ4n) is 4.97. The molecule has 7 heteroatoms. The molecule has 2 aliphatic heterocycles. The number of nitrogens with zero attached hydrogens (tertiary/aromatic N) is 1. The molecule has 0 spiro atoms. The smallest absolute Gasteiger partial charge is 0.233 e. The molecule has 4 rings (SSSR count). The van der Waals surface area contributed by atoms with Crippen LogP contribution in [0, 0.1) is 23.7 Å². The molecule has 2 heterocycles. The lowest BCUT2D eigenvalue weighted by Crippen LogP contribution is -2.41. The highest BCUT2D eigenvalue weighted by atomic mass is 16.8. The minimum absolute atomic E-state index is 0.00818. The minimum Gasteiger partial charge on any atom is -0.396 e. The van der Waals surface area contributed by atoms with Crippen LogP contribution in [0.2, 0.25) is 0 Å². The van der Waals surface area contributed by atoms with Crippen LogP contribution in [0.5, 0.6) is 0 Å². The van der Waals surface area contributed by atoms with E-state index in [1.807, 2.05) is 13.8 Å². The summed E-state index contributed by atoms with van der Waals surface area (Å²) >= 11 is 0. The maximum atomic E-state index is 12.7. The normalized spacial score (nSPS) is 43.2. The molecular weight excluding hydrogens is 302 g/mol. The molecule has 2 saturated heterocycles. The summed E-state index contributed by atoms with van der Waals surface area (Å²) in [5.74, 6) is -2.27. The van der Waals surface area contributed by atoms with E-state index >= 15 is 0 Å². The van der Waals surface area contributed by atoms with Gasteiger partial charge in [-0.25, -0.2) is 0 Å². The molecule has 7 nitrogen and oxygen atoms in total. The third-order valence-electron chi connectivity index (χ3n) is 5.69. The Morgan fingerprint density at radius 1 is 1.17 bits per heavy atom. The van der Waals surface area contributed by atoms with E-state index < -0.39 is 5.79 Å². The van der Waals surface area contributed by atoms with Gasteiger partial charge in [0.1, 0.15) is 0 Å². The van der Waals surface area contributed by atoms with Crippen LogP contribution in [0.25, 0.3) is 0 Å². The number of carbonyl (C=O) groups excluding carboxylic acids is 3. The van der Waals surface area contributed by atoms with Gasteiger partial charge in [-0.3, -0.25) is 19.3 Å². The summed E-state index contributed by atoms with van der Waals surface area (Å²) in [7, 11) is 0. The van der Waals surface area contributed by atoms with Gasteiger partial charge >= 0.3 is 0 Å². The fourth-order valence-corrected chi connectivity index (χ4v) is 4.97. The fraction of sp³-hybridized carbons (Fsp3) is 0.812. The average molecular weight is 323 g/mol. The second kappa shape index (κ2) is 4.84. The van der Waals surface area contributed by atoms with Gasteiger partial charge in [-0.05, 0) is 20.3 Å². The van der Waals surface area contributed by atoms with E-state index in [0.717, 1.165) is 11.3 Å². The molecule has 6 atom stereocenters. The number of aliphatic hydroxyl groups excluding tert-OH is 1. The SMILES string of the molecule is CC1(C)O[C@@H]2C3CC(C4C(=O)N(CC(=O)CCO)C(=O)C43)[C@@H]2O1. The zero-order valence-electron chi connectivity index (χ0n) is 13.2. The molecule has 2 saturated carbocycles. The number of Topliss-reactive ketones (excluding diaryl/α,β-unsaturated/α-hetero) is 1. The van der Waals surface area contributed by atoms with E-state index in [0.29, 0.717) is 0 Å². The van der Waals surface area contributed by atoms with E-state index in [1.165, 1.54) is 0 Å². The molecular formula is C16H21NO6. The van der Waals surface area contributed by atoms with E-state index in [2.05, 4.69) is 0 Å². The number of likely N-dealkylation sites (tertiary alicyclic amines) is 1. The standard InChI is InChI=1S/C16H21NO6/c1-16(2)22-12-8-5-9(13(12)23-16)11-10(8)14(20)17(15(11)21)6-7(19)3-4-18/h8-13,18H,3-6H2,1-2H3/t8?,9?,10?,11?,12-,13+. The van der Waals surface area contributed by atoms with E-state index in [1.54, 1.807) is 0 Å². The Morgan fingerprint density at radius 2 is 1.70 bits per heavy atom. The Kier molecular flexibility index (Phi) is 3.21. The summed E-state index contributed by atoms with van der Waals surface area (Å²) in [4.78, 5) is 38.1. The average Bonchev–Trinajstić information content (AvgIpc) is 3.13. The number of aliphatic hydroxyl groups is 1. The molecule has 2 amide bonds. The Hall–Kier alpha value is -1.31. The van der Waals surface area contributed by atoms with Crippen LogP contribution in [-0.4, -0.2) is 58.8 Å². The lowest BCUT2D eigenvalue weighted by atomic mass is 9.78. The van der Waals surface area contributed by atoms with Crippen LogP contribution in [-0.2, 0) is 23.9 Å².